The third kappa shape index (κ3) is 7.70. The zero-order valence-electron chi connectivity index (χ0n) is 8.17. The van der Waals surface area contributed by atoms with Gasteiger partial charge in [0, 0.05) is 19.7 Å². The number of methoxy groups -OCH3 is 1. The minimum absolute atomic E-state index is 0.0379. The van der Waals surface area contributed by atoms with Gasteiger partial charge >= 0.3 is 0 Å². The minimum atomic E-state index is -0.184. The number of hydrogen-bond donors (Lipinski definition) is 3. The maximum absolute atomic E-state index is 11.0. The molecule has 1 atom stereocenters. The van der Waals surface area contributed by atoms with Crippen molar-refractivity contribution in [3.63, 3.8) is 0 Å². The smallest absolute Gasteiger partial charge is 0.234 e. The van der Waals surface area contributed by atoms with Crippen LogP contribution >= 0.6 is 0 Å². The van der Waals surface area contributed by atoms with Gasteiger partial charge in [0.1, 0.15) is 0 Å². The molecule has 0 spiro atoms. The number of carbonyl (C=O) groups is 1. The molecule has 1 amide bonds. The van der Waals surface area contributed by atoms with E-state index >= 15 is 0 Å². The maximum Gasteiger partial charge on any atom is 0.234 e. The van der Waals surface area contributed by atoms with Gasteiger partial charge in [-0.2, -0.15) is 0 Å². The van der Waals surface area contributed by atoms with Gasteiger partial charge in [0.2, 0.25) is 5.91 Å². The molecule has 3 N–H and O–H groups in total. The van der Waals surface area contributed by atoms with Crippen molar-refractivity contribution in [3.05, 3.63) is 0 Å². The van der Waals surface area contributed by atoms with Crippen LogP contribution in [-0.4, -0.2) is 50.5 Å². The molecular weight excluding hydrogens is 172 g/mol. The van der Waals surface area contributed by atoms with E-state index in [-0.39, 0.29) is 25.1 Å². The van der Waals surface area contributed by atoms with Gasteiger partial charge in [-0.25, -0.2) is 0 Å². The molecule has 0 aliphatic heterocycles. The number of hydrogen-bond acceptors (Lipinski definition) is 4. The zero-order chi connectivity index (χ0) is 10.1. The third-order valence-electron chi connectivity index (χ3n) is 1.45. The summed E-state index contributed by atoms with van der Waals surface area (Å²) in [6.45, 7) is 3.20. The predicted octanol–water partition coefficient (Wildman–Crippen LogP) is -1.28. The van der Waals surface area contributed by atoms with Crippen molar-refractivity contribution in [2.24, 2.45) is 0 Å². The molecule has 0 saturated carbocycles. The fourth-order valence-corrected chi connectivity index (χ4v) is 0.748. The average Bonchev–Trinajstić information content (AvgIpc) is 2.12. The van der Waals surface area contributed by atoms with Crippen LogP contribution in [0.1, 0.15) is 6.92 Å². The van der Waals surface area contributed by atoms with E-state index in [0.29, 0.717) is 13.2 Å². The lowest BCUT2D eigenvalue weighted by molar-refractivity contribution is -0.121. The molecule has 0 rings (SSSR count). The molecule has 0 fully saturated rings. The summed E-state index contributed by atoms with van der Waals surface area (Å²) in [6, 6.07) is -0.184. The second-order valence-electron chi connectivity index (χ2n) is 2.82. The van der Waals surface area contributed by atoms with E-state index in [1.807, 2.05) is 0 Å². The lowest BCUT2D eigenvalue weighted by Crippen LogP contribution is -2.41. The molecule has 13 heavy (non-hydrogen) atoms. The SMILES string of the molecule is COCCNCC(=O)N[C@@H](C)CO. The Labute approximate surface area is 78.5 Å². The van der Waals surface area contributed by atoms with Gasteiger partial charge in [0.15, 0.2) is 0 Å². The summed E-state index contributed by atoms with van der Waals surface area (Å²) >= 11 is 0. The highest BCUT2D eigenvalue weighted by Gasteiger charge is 2.04. The number of amides is 1. The number of aliphatic hydroxyl groups is 1. The monoisotopic (exact) mass is 190 g/mol. The molecule has 0 aromatic heterocycles. The highest BCUT2D eigenvalue weighted by atomic mass is 16.5. The van der Waals surface area contributed by atoms with Crippen molar-refractivity contribution in [2.75, 3.05) is 33.4 Å². The van der Waals surface area contributed by atoms with Crippen molar-refractivity contribution in [1.82, 2.24) is 10.6 Å². The van der Waals surface area contributed by atoms with E-state index in [0.717, 1.165) is 0 Å². The van der Waals surface area contributed by atoms with Gasteiger partial charge < -0.3 is 20.5 Å². The molecule has 0 bridgehead atoms. The Morgan fingerprint density at radius 2 is 2.31 bits per heavy atom. The number of ether oxygens (including phenoxy) is 1. The van der Waals surface area contributed by atoms with Crippen LogP contribution in [0.5, 0.6) is 0 Å². The van der Waals surface area contributed by atoms with E-state index in [1.54, 1.807) is 14.0 Å². The largest absolute Gasteiger partial charge is 0.394 e. The zero-order valence-corrected chi connectivity index (χ0v) is 8.17. The lowest BCUT2D eigenvalue weighted by Gasteiger charge is -2.10. The van der Waals surface area contributed by atoms with Gasteiger partial charge in [-0.05, 0) is 6.92 Å². The summed E-state index contributed by atoms with van der Waals surface area (Å²) in [5.74, 6) is -0.113. The molecule has 5 heteroatoms. The number of nitrogens with one attached hydrogen (secondary N) is 2. The first-order valence-corrected chi connectivity index (χ1v) is 4.30. The van der Waals surface area contributed by atoms with E-state index in [2.05, 4.69) is 10.6 Å². The van der Waals surface area contributed by atoms with Crippen molar-refractivity contribution in [3.8, 4) is 0 Å². The molecule has 0 heterocycles. The van der Waals surface area contributed by atoms with Crippen molar-refractivity contribution >= 4 is 5.91 Å². The van der Waals surface area contributed by atoms with Crippen LogP contribution in [-0.2, 0) is 9.53 Å². The number of aliphatic hydroxyl groups excluding tert-OH is 1. The molecular formula is C8H18N2O3. The fraction of sp³-hybridized carbons (Fsp3) is 0.875. The van der Waals surface area contributed by atoms with Crippen molar-refractivity contribution in [1.29, 1.82) is 0 Å². The summed E-state index contributed by atoms with van der Waals surface area (Å²) in [5.41, 5.74) is 0. The van der Waals surface area contributed by atoms with Gasteiger partial charge in [-0.15, -0.1) is 0 Å². The Kier molecular flexibility index (Phi) is 7.57. The first kappa shape index (κ1) is 12.3. The van der Waals surface area contributed by atoms with Gasteiger partial charge in [-0.3, -0.25) is 4.79 Å². The van der Waals surface area contributed by atoms with Crippen molar-refractivity contribution in [2.45, 2.75) is 13.0 Å². The first-order valence-electron chi connectivity index (χ1n) is 4.30. The van der Waals surface area contributed by atoms with Crippen LogP contribution in [0.4, 0.5) is 0 Å². The molecule has 0 aromatic rings. The van der Waals surface area contributed by atoms with Crippen LogP contribution in [0.25, 0.3) is 0 Å². The molecule has 0 aliphatic rings. The fourth-order valence-electron chi connectivity index (χ4n) is 0.748. The second kappa shape index (κ2) is 7.97. The van der Waals surface area contributed by atoms with E-state index < -0.39 is 0 Å². The van der Waals surface area contributed by atoms with Crippen LogP contribution in [0.15, 0.2) is 0 Å². The van der Waals surface area contributed by atoms with Crippen LogP contribution < -0.4 is 10.6 Å². The summed E-state index contributed by atoms with van der Waals surface area (Å²) in [6.07, 6.45) is 0. The maximum atomic E-state index is 11.0. The topological polar surface area (TPSA) is 70.6 Å². The van der Waals surface area contributed by atoms with Gasteiger partial charge in [0.25, 0.3) is 0 Å². The quantitative estimate of drug-likeness (QED) is 0.437. The van der Waals surface area contributed by atoms with Gasteiger partial charge in [-0.1, -0.05) is 0 Å². The molecule has 0 radical (unpaired) electrons. The number of rotatable bonds is 7. The van der Waals surface area contributed by atoms with Crippen LogP contribution in [0.3, 0.4) is 0 Å². The molecule has 78 valence electrons. The first-order chi connectivity index (χ1) is 6.20. The second-order valence-corrected chi connectivity index (χ2v) is 2.82. The Morgan fingerprint density at radius 3 is 2.85 bits per heavy atom. The highest BCUT2D eigenvalue weighted by Crippen LogP contribution is 1.77. The standard InChI is InChI=1S/C8H18N2O3/c1-7(6-11)10-8(12)5-9-3-4-13-2/h7,9,11H,3-6H2,1-2H3,(H,10,12)/t7-/m0/s1. The van der Waals surface area contributed by atoms with E-state index in [4.69, 9.17) is 9.84 Å². The van der Waals surface area contributed by atoms with Gasteiger partial charge in [0.05, 0.1) is 19.8 Å². The Hall–Kier alpha value is -0.650. The normalized spacial score (nSPS) is 12.5. The summed E-state index contributed by atoms with van der Waals surface area (Å²) in [7, 11) is 1.61. The van der Waals surface area contributed by atoms with E-state index in [1.165, 1.54) is 0 Å². The summed E-state index contributed by atoms with van der Waals surface area (Å²) in [4.78, 5) is 11.0. The molecule has 0 unspecified atom stereocenters. The summed E-state index contributed by atoms with van der Waals surface area (Å²) < 4.78 is 4.79. The van der Waals surface area contributed by atoms with Crippen LogP contribution in [0, 0.1) is 0 Å². The van der Waals surface area contributed by atoms with E-state index in [9.17, 15) is 4.79 Å². The van der Waals surface area contributed by atoms with Crippen molar-refractivity contribution < 1.29 is 14.6 Å². The lowest BCUT2D eigenvalue weighted by atomic mass is 10.3. The number of carbonyl (C=O) groups excluding carboxylic acids is 1. The Balaban J connectivity index is 3.30. The molecule has 0 aliphatic carbocycles. The average molecular weight is 190 g/mol. The summed E-state index contributed by atoms with van der Waals surface area (Å²) in [5, 5.41) is 14.1. The minimum Gasteiger partial charge on any atom is -0.394 e. The molecule has 0 aromatic carbocycles. The van der Waals surface area contributed by atoms with Crippen LogP contribution in [0.2, 0.25) is 0 Å². The third-order valence-corrected chi connectivity index (χ3v) is 1.45. The Bertz CT molecular complexity index is 141. The highest BCUT2D eigenvalue weighted by molar-refractivity contribution is 5.78. The predicted molar refractivity (Wildman–Crippen MR) is 49.4 cm³/mol. The molecule has 0 saturated heterocycles. The Morgan fingerprint density at radius 1 is 1.62 bits per heavy atom. The molecule has 5 nitrogen and oxygen atoms in total.